The third kappa shape index (κ3) is 13.9. The summed E-state index contributed by atoms with van der Waals surface area (Å²) in [5, 5.41) is 11.2. The largest absolute Gasteiger partial charge is 0.457 e. The van der Waals surface area contributed by atoms with Gasteiger partial charge in [0.05, 0.1) is 43.3 Å². The molecule has 2 rings (SSSR count). The summed E-state index contributed by atoms with van der Waals surface area (Å²) in [7, 11) is -7.49. The lowest BCUT2D eigenvalue weighted by Gasteiger charge is -2.33. The Morgan fingerprint density at radius 2 is 1.80 bits per heavy atom. The molecule has 2 heterocycles. The van der Waals surface area contributed by atoms with E-state index in [4.69, 9.17) is 22.6 Å². The van der Waals surface area contributed by atoms with Gasteiger partial charge in [-0.3, -0.25) is 18.0 Å². The number of carbonyl (C=O) groups excluding carboxylic acids is 2. The molecule has 0 aromatic carbocycles. The molecule has 10 atom stereocenters. The maximum Gasteiger partial charge on any atom is 0.309 e. The zero-order valence-electron chi connectivity index (χ0n) is 28.4. The summed E-state index contributed by atoms with van der Waals surface area (Å²) in [4.78, 5) is 24.8. The molecular formula is C32H52O12S2. The van der Waals surface area contributed by atoms with Gasteiger partial charge in [-0.2, -0.15) is 16.8 Å². The molecule has 1 saturated heterocycles. The van der Waals surface area contributed by atoms with Crippen LogP contribution in [-0.2, 0) is 52.4 Å². The lowest BCUT2D eigenvalue weighted by Crippen LogP contribution is -2.42. The van der Waals surface area contributed by atoms with Crippen LogP contribution in [0.2, 0.25) is 0 Å². The molecule has 0 aromatic rings. The number of ether oxygens (including phenoxy) is 3. The quantitative estimate of drug-likeness (QED) is 0.0969. The first-order valence-electron chi connectivity index (χ1n) is 15.7. The van der Waals surface area contributed by atoms with Gasteiger partial charge in [-0.05, 0) is 57.1 Å². The standard InChI is InChI=1S/C32H52O12S2/c1-10-26(44-46(9,38)39)23(5)31-27(41-31)18-20(2)12-11-13-21(3)30-22(4)14-15-28(40-24(6)33)32(7,35)17-16-25(19-29(34)42-30)43-45(8,36)37/h11-15,20,22-23,25-28,30-31,35H,10,16-19H2,1-9H3. The van der Waals surface area contributed by atoms with Crippen molar-refractivity contribution >= 4 is 32.2 Å². The molecule has 10 unspecified atom stereocenters. The van der Waals surface area contributed by atoms with Crippen LogP contribution in [0.4, 0.5) is 0 Å². The van der Waals surface area contributed by atoms with E-state index in [-0.39, 0.29) is 43.3 Å². The maximum absolute atomic E-state index is 13.0. The Bertz CT molecular complexity index is 1350. The highest BCUT2D eigenvalue weighted by atomic mass is 32.2. The average molecular weight is 693 g/mol. The summed E-state index contributed by atoms with van der Waals surface area (Å²) in [5.74, 6) is -1.62. The van der Waals surface area contributed by atoms with E-state index in [2.05, 4.69) is 0 Å². The Balaban J connectivity index is 2.20. The van der Waals surface area contributed by atoms with Crippen molar-refractivity contribution in [2.24, 2.45) is 17.8 Å². The SMILES string of the molecule is CCC(OS(C)(=O)=O)C(C)C1OC1CC(C)C=CC=C(C)C1OC(=O)CC(OS(C)(=O)=O)CCC(C)(O)C(OC(C)=O)C=CC1C. The van der Waals surface area contributed by atoms with E-state index in [9.17, 15) is 31.5 Å². The first-order chi connectivity index (χ1) is 21.1. The summed E-state index contributed by atoms with van der Waals surface area (Å²) in [5.41, 5.74) is -0.857. The van der Waals surface area contributed by atoms with Crippen LogP contribution in [0.3, 0.4) is 0 Å². The smallest absolute Gasteiger partial charge is 0.309 e. The fourth-order valence-electron chi connectivity index (χ4n) is 5.66. The second-order valence-corrected chi connectivity index (χ2v) is 16.2. The normalized spacial score (nSPS) is 32.1. The van der Waals surface area contributed by atoms with Crippen molar-refractivity contribution in [3.05, 3.63) is 36.0 Å². The van der Waals surface area contributed by atoms with Crippen LogP contribution in [0.1, 0.15) is 80.6 Å². The minimum Gasteiger partial charge on any atom is -0.457 e. The molecular weight excluding hydrogens is 640 g/mol. The summed E-state index contributed by atoms with van der Waals surface area (Å²) >= 11 is 0. The van der Waals surface area contributed by atoms with Gasteiger partial charge in [-0.25, -0.2) is 0 Å². The Morgan fingerprint density at radius 3 is 2.37 bits per heavy atom. The highest BCUT2D eigenvalue weighted by Gasteiger charge is 2.46. The highest BCUT2D eigenvalue weighted by Crippen LogP contribution is 2.37. The van der Waals surface area contributed by atoms with Gasteiger partial charge in [-0.1, -0.05) is 52.0 Å². The molecule has 0 aliphatic carbocycles. The lowest BCUT2D eigenvalue weighted by atomic mass is 9.88. The van der Waals surface area contributed by atoms with Crippen LogP contribution in [0.25, 0.3) is 0 Å². The zero-order valence-corrected chi connectivity index (χ0v) is 30.0. The van der Waals surface area contributed by atoms with E-state index in [1.165, 1.54) is 13.8 Å². The van der Waals surface area contributed by atoms with Gasteiger partial charge in [0.1, 0.15) is 17.8 Å². The molecule has 0 bridgehead atoms. The van der Waals surface area contributed by atoms with Gasteiger partial charge in [0.2, 0.25) is 0 Å². The van der Waals surface area contributed by atoms with Gasteiger partial charge < -0.3 is 19.3 Å². The molecule has 0 radical (unpaired) electrons. The molecule has 0 amide bonds. The second kappa shape index (κ2) is 16.8. The summed E-state index contributed by atoms with van der Waals surface area (Å²) in [6, 6.07) is 0. The average Bonchev–Trinajstić information content (AvgIpc) is 3.67. The second-order valence-electron chi connectivity index (χ2n) is 13.0. The highest BCUT2D eigenvalue weighted by molar-refractivity contribution is 7.86. The fourth-order valence-corrected chi connectivity index (χ4v) is 7.07. The molecule has 2 aliphatic heterocycles. The molecule has 1 fully saturated rings. The minimum atomic E-state index is -3.92. The predicted octanol–water partition coefficient (Wildman–Crippen LogP) is 3.99. The van der Waals surface area contributed by atoms with Gasteiger partial charge >= 0.3 is 11.9 Å². The van der Waals surface area contributed by atoms with E-state index in [1.807, 2.05) is 52.8 Å². The summed E-state index contributed by atoms with van der Waals surface area (Å²) in [6.07, 6.45) is 8.38. The molecule has 264 valence electrons. The van der Waals surface area contributed by atoms with Crippen molar-refractivity contribution in [1.29, 1.82) is 0 Å². The number of carbonyl (C=O) groups is 2. The molecule has 0 saturated carbocycles. The number of aliphatic hydroxyl groups is 1. The molecule has 46 heavy (non-hydrogen) atoms. The molecule has 1 N–H and O–H groups in total. The fraction of sp³-hybridized carbons (Fsp3) is 0.750. The summed E-state index contributed by atoms with van der Waals surface area (Å²) in [6.45, 7) is 12.2. The number of rotatable bonds is 13. The van der Waals surface area contributed by atoms with Crippen molar-refractivity contribution < 1.29 is 54.1 Å². The van der Waals surface area contributed by atoms with E-state index < -0.39 is 68.1 Å². The lowest BCUT2D eigenvalue weighted by molar-refractivity contribution is -0.157. The Labute approximate surface area is 274 Å². The molecule has 14 heteroatoms. The van der Waals surface area contributed by atoms with Crippen molar-refractivity contribution in [1.82, 2.24) is 0 Å². The van der Waals surface area contributed by atoms with Crippen molar-refractivity contribution in [3.8, 4) is 0 Å². The van der Waals surface area contributed by atoms with E-state index in [1.54, 1.807) is 12.2 Å². The van der Waals surface area contributed by atoms with Crippen LogP contribution in [-0.4, -0.2) is 88.6 Å². The third-order valence-corrected chi connectivity index (χ3v) is 9.41. The van der Waals surface area contributed by atoms with Gasteiger partial charge in [0.15, 0.2) is 0 Å². The van der Waals surface area contributed by atoms with Crippen LogP contribution in [0, 0.1) is 17.8 Å². The number of esters is 2. The number of hydrogen-bond acceptors (Lipinski definition) is 12. The zero-order chi connectivity index (χ0) is 35.0. The van der Waals surface area contributed by atoms with Crippen LogP contribution in [0.5, 0.6) is 0 Å². The monoisotopic (exact) mass is 692 g/mol. The predicted molar refractivity (Wildman–Crippen MR) is 172 cm³/mol. The van der Waals surface area contributed by atoms with Crippen molar-refractivity contribution in [2.75, 3.05) is 12.5 Å². The van der Waals surface area contributed by atoms with Crippen molar-refractivity contribution in [2.45, 2.75) is 123 Å². The topological polar surface area (TPSA) is 172 Å². The third-order valence-electron chi connectivity index (χ3n) is 8.19. The Hall–Kier alpha value is -2.10. The first kappa shape index (κ1) is 40.1. The van der Waals surface area contributed by atoms with Gasteiger partial charge in [-0.15, -0.1) is 0 Å². The van der Waals surface area contributed by atoms with E-state index >= 15 is 0 Å². The van der Waals surface area contributed by atoms with E-state index in [0.29, 0.717) is 12.0 Å². The molecule has 0 spiro atoms. The Kier molecular flexibility index (Phi) is 14.7. The molecule has 2 aliphatic rings. The number of cyclic esters (lactones) is 1. The van der Waals surface area contributed by atoms with Gasteiger partial charge in [0, 0.05) is 18.8 Å². The van der Waals surface area contributed by atoms with Crippen LogP contribution >= 0.6 is 0 Å². The van der Waals surface area contributed by atoms with E-state index in [0.717, 1.165) is 18.9 Å². The first-order valence-corrected chi connectivity index (χ1v) is 19.3. The van der Waals surface area contributed by atoms with Crippen LogP contribution < -0.4 is 0 Å². The molecule has 12 nitrogen and oxygen atoms in total. The van der Waals surface area contributed by atoms with Crippen LogP contribution in [0.15, 0.2) is 36.0 Å². The number of hydrogen-bond donors (Lipinski definition) is 1. The number of allylic oxidation sites excluding steroid dienone is 3. The molecule has 0 aromatic heterocycles. The Morgan fingerprint density at radius 1 is 1.15 bits per heavy atom. The van der Waals surface area contributed by atoms with Gasteiger partial charge in [0.25, 0.3) is 20.2 Å². The minimum absolute atomic E-state index is 0.00931. The number of epoxide rings is 1. The maximum atomic E-state index is 13.0. The summed E-state index contributed by atoms with van der Waals surface area (Å²) < 4.78 is 74.5. The van der Waals surface area contributed by atoms with Crippen molar-refractivity contribution in [3.63, 3.8) is 0 Å².